The molecule has 0 unspecified atom stereocenters. The van der Waals surface area contributed by atoms with Gasteiger partial charge < -0.3 is 14.7 Å². The van der Waals surface area contributed by atoms with Crippen LogP contribution in [0.1, 0.15) is 32.3 Å². The molecule has 1 aromatic carbocycles. The van der Waals surface area contributed by atoms with E-state index < -0.39 is 35.8 Å². The fraction of sp³-hybridized carbons (Fsp3) is 0.500. The number of halogens is 1. The maximum atomic E-state index is 15.0. The zero-order valence-corrected chi connectivity index (χ0v) is 12.9. The molecule has 1 aliphatic rings. The van der Waals surface area contributed by atoms with Crippen LogP contribution in [0.25, 0.3) is 0 Å². The van der Waals surface area contributed by atoms with Crippen molar-refractivity contribution in [3.05, 3.63) is 35.9 Å². The number of carbonyl (C=O) groups excluding carboxylic acids is 1. The summed E-state index contributed by atoms with van der Waals surface area (Å²) in [7, 11) is 0. The average molecular weight is 309 g/mol. The van der Waals surface area contributed by atoms with Gasteiger partial charge in [-0.05, 0) is 26.3 Å². The van der Waals surface area contributed by atoms with Gasteiger partial charge in [0.15, 0.2) is 0 Å². The molecule has 0 saturated carbocycles. The number of carbonyl (C=O) groups is 2. The molecule has 5 nitrogen and oxygen atoms in total. The van der Waals surface area contributed by atoms with Crippen molar-refractivity contribution in [3.8, 4) is 0 Å². The zero-order valence-electron chi connectivity index (χ0n) is 12.9. The van der Waals surface area contributed by atoms with Crippen molar-refractivity contribution in [1.82, 2.24) is 4.90 Å². The van der Waals surface area contributed by atoms with Crippen LogP contribution in [-0.4, -0.2) is 46.4 Å². The molecule has 2 atom stereocenters. The van der Waals surface area contributed by atoms with Crippen molar-refractivity contribution in [1.29, 1.82) is 0 Å². The van der Waals surface area contributed by atoms with Gasteiger partial charge in [0.05, 0.1) is 6.54 Å². The van der Waals surface area contributed by atoms with E-state index in [-0.39, 0.29) is 6.54 Å². The molecule has 1 heterocycles. The highest BCUT2D eigenvalue weighted by Crippen LogP contribution is 2.39. The van der Waals surface area contributed by atoms with E-state index in [2.05, 4.69) is 0 Å². The number of benzene rings is 1. The molecule has 6 heteroatoms. The summed E-state index contributed by atoms with van der Waals surface area (Å²) >= 11 is 0. The van der Waals surface area contributed by atoms with Gasteiger partial charge in [-0.1, -0.05) is 30.3 Å². The van der Waals surface area contributed by atoms with Crippen LogP contribution in [0, 0.1) is 0 Å². The molecular formula is C16H20FNO4. The highest BCUT2D eigenvalue weighted by Gasteiger charge is 2.55. The van der Waals surface area contributed by atoms with E-state index in [0.29, 0.717) is 5.56 Å². The number of hydrogen-bond donors (Lipinski definition) is 1. The number of rotatable bonds is 2. The lowest BCUT2D eigenvalue weighted by molar-refractivity contribution is -0.150. The summed E-state index contributed by atoms with van der Waals surface area (Å²) in [6.07, 6.45) is -0.700. The second kappa shape index (κ2) is 5.59. The summed E-state index contributed by atoms with van der Waals surface area (Å²) < 4.78 is 20.2. The lowest BCUT2D eigenvalue weighted by atomic mass is 9.86. The number of aliphatic carboxylic acids is 1. The molecule has 0 aromatic heterocycles. The van der Waals surface area contributed by atoms with Crippen molar-refractivity contribution in [2.75, 3.05) is 13.1 Å². The van der Waals surface area contributed by atoms with Crippen LogP contribution in [0.3, 0.4) is 0 Å². The molecule has 22 heavy (non-hydrogen) atoms. The van der Waals surface area contributed by atoms with Crippen molar-refractivity contribution in [3.63, 3.8) is 0 Å². The lowest BCUT2D eigenvalue weighted by Gasteiger charge is -2.24. The normalized spacial score (nSPS) is 25.1. The Morgan fingerprint density at radius 3 is 2.41 bits per heavy atom. The number of carboxylic acid groups (broad SMARTS) is 1. The van der Waals surface area contributed by atoms with Crippen LogP contribution >= 0.6 is 0 Å². The predicted octanol–water partition coefficient (Wildman–Crippen LogP) is 2.81. The van der Waals surface area contributed by atoms with Gasteiger partial charge >= 0.3 is 12.1 Å². The van der Waals surface area contributed by atoms with E-state index in [1.165, 1.54) is 0 Å². The molecular weight excluding hydrogens is 289 g/mol. The third-order valence-corrected chi connectivity index (χ3v) is 3.59. The van der Waals surface area contributed by atoms with Gasteiger partial charge in [0, 0.05) is 12.5 Å². The molecule has 0 bridgehead atoms. The van der Waals surface area contributed by atoms with Crippen molar-refractivity contribution in [2.24, 2.45) is 0 Å². The lowest BCUT2D eigenvalue weighted by Crippen LogP contribution is -2.42. The molecule has 1 saturated heterocycles. The first-order chi connectivity index (χ1) is 10.1. The maximum Gasteiger partial charge on any atom is 0.410 e. The molecule has 0 spiro atoms. The number of ether oxygens (including phenoxy) is 1. The summed E-state index contributed by atoms with van der Waals surface area (Å²) in [6.45, 7) is 4.57. The Morgan fingerprint density at radius 2 is 1.91 bits per heavy atom. The molecule has 1 fully saturated rings. The van der Waals surface area contributed by atoms with Gasteiger partial charge in [-0.25, -0.2) is 14.0 Å². The molecule has 1 aromatic rings. The zero-order chi connectivity index (χ0) is 16.5. The third kappa shape index (κ3) is 3.21. The smallest absolute Gasteiger partial charge is 0.410 e. The van der Waals surface area contributed by atoms with Gasteiger partial charge in [-0.15, -0.1) is 0 Å². The Labute approximate surface area is 128 Å². The predicted molar refractivity (Wildman–Crippen MR) is 78.5 cm³/mol. The molecule has 120 valence electrons. The summed E-state index contributed by atoms with van der Waals surface area (Å²) in [4.78, 5) is 24.6. The fourth-order valence-electron chi connectivity index (χ4n) is 2.55. The Hall–Kier alpha value is -2.11. The molecule has 2 rings (SSSR count). The standard InChI is InChI=1S/C16H20FNO4/c1-15(2,3)22-14(21)18-9-12(11-7-5-4-6-8-11)16(17,10-18)13(19)20/h4-8,12H,9-10H2,1-3H3,(H,19,20)/t12-,16+/m0/s1. The second-order valence-electron chi connectivity index (χ2n) is 6.49. The Bertz CT molecular complexity index is 569. The summed E-state index contributed by atoms with van der Waals surface area (Å²) in [6, 6.07) is 8.54. The molecule has 1 amide bonds. The Kier molecular flexibility index (Phi) is 4.13. The topological polar surface area (TPSA) is 66.8 Å². The Morgan fingerprint density at radius 1 is 1.32 bits per heavy atom. The van der Waals surface area contributed by atoms with Gasteiger partial charge in [0.1, 0.15) is 5.60 Å². The number of amides is 1. The van der Waals surface area contributed by atoms with Crippen LogP contribution < -0.4 is 0 Å². The molecule has 1 aliphatic heterocycles. The fourth-order valence-corrected chi connectivity index (χ4v) is 2.55. The largest absolute Gasteiger partial charge is 0.479 e. The van der Waals surface area contributed by atoms with Crippen LogP contribution in [0.5, 0.6) is 0 Å². The highest BCUT2D eigenvalue weighted by molar-refractivity contribution is 5.82. The van der Waals surface area contributed by atoms with E-state index in [9.17, 15) is 19.1 Å². The minimum Gasteiger partial charge on any atom is -0.479 e. The SMILES string of the molecule is CC(C)(C)OC(=O)N1C[C@@H](c2ccccc2)[C@@](F)(C(=O)O)C1. The first-order valence-corrected chi connectivity index (χ1v) is 7.08. The van der Waals surface area contributed by atoms with E-state index in [4.69, 9.17) is 4.74 Å². The minimum atomic E-state index is -2.52. The van der Waals surface area contributed by atoms with E-state index in [1.54, 1.807) is 51.1 Å². The maximum absolute atomic E-state index is 15.0. The second-order valence-corrected chi connectivity index (χ2v) is 6.49. The van der Waals surface area contributed by atoms with E-state index in [1.807, 2.05) is 0 Å². The monoisotopic (exact) mass is 309 g/mol. The molecule has 0 aliphatic carbocycles. The van der Waals surface area contributed by atoms with Gasteiger partial charge in [0.25, 0.3) is 0 Å². The average Bonchev–Trinajstić information content (AvgIpc) is 2.77. The summed E-state index contributed by atoms with van der Waals surface area (Å²) in [5, 5.41) is 9.28. The number of carboxylic acids is 1. The quantitative estimate of drug-likeness (QED) is 0.912. The van der Waals surface area contributed by atoms with Crippen LogP contribution in [0.4, 0.5) is 9.18 Å². The van der Waals surface area contributed by atoms with Gasteiger partial charge in [-0.3, -0.25) is 0 Å². The third-order valence-electron chi connectivity index (χ3n) is 3.59. The van der Waals surface area contributed by atoms with Crippen molar-refractivity contribution < 1.29 is 23.8 Å². The van der Waals surface area contributed by atoms with Crippen LogP contribution in [0.2, 0.25) is 0 Å². The minimum absolute atomic E-state index is 0.0261. The van der Waals surface area contributed by atoms with Crippen molar-refractivity contribution >= 4 is 12.1 Å². The molecule has 0 radical (unpaired) electrons. The highest BCUT2D eigenvalue weighted by atomic mass is 19.1. The summed E-state index contributed by atoms with van der Waals surface area (Å²) in [5.74, 6) is -2.48. The number of nitrogens with zero attached hydrogens (tertiary/aromatic N) is 1. The first kappa shape index (κ1) is 16.3. The van der Waals surface area contributed by atoms with Crippen LogP contribution in [-0.2, 0) is 9.53 Å². The summed E-state index contributed by atoms with van der Waals surface area (Å²) in [5.41, 5.74) is -2.68. The van der Waals surface area contributed by atoms with Gasteiger partial charge in [-0.2, -0.15) is 0 Å². The number of likely N-dealkylation sites (tertiary alicyclic amines) is 1. The number of alkyl halides is 1. The van der Waals surface area contributed by atoms with Gasteiger partial charge in [0.2, 0.25) is 5.67 Å². The van der Waals surface area contributed by atoms with E-state index >= 15 is 0 Å². The van der Waals surface area contributed by atoms with Crippen LogP contribution in [0.15, 0.2) is 30.3 Å². The number of hydrogen-bond acceptors (Lipinski definition) is 3. The first-order valence-electron chi connectivity index (χ1n) is 7.08. The van der Waals surface area contributed by atoms with Crippen molar-refractivity contribution in [2.45, 2.75) is 38.0 Å². The molecule has 1 N–H and O–H groups in total. The Balaban J connectivity index is 2.27. The van der Waals surface area contributed by atoms with E-state index in [0.717, 1.165) is 4.90 Å².